The Labute approximate surface area is 116 Å². The molecule has 0 amide bonds. The molecule has 1 aliphatic carbocycles. The number of hydrogen-bond acceptors (Lipinski definition) is 2. The lowest BCUT2D eigenvalue weighted by atomic mass is 9.75. The third-order valence-corrected chi connectivity index (χ3v) is 4.64. The standard InChI is InChI=1S/C17H25NO/c1-2-11-18-16(14-7-5-8-14)17-15-9-4-3-6-13(15)10-12-19-17/h3-4,6,9,14,16-18H,2,5,7-8,10-12H2,1H3. The van der Waals surface area contributed by atoms with Crippen molar-refractivity contribution in [3.8, 4) is 0 Å². The lowest BCUT2D eigenvalue weighted by Gasteiger charge is -2.41. The summed E-state index contributed by atoms with van der Waals surface area (Å²) < 4.78 is 6.16. The van der Waals surface area contributed by atoms with Crippen LogP contribution in [-0.4, -0.2) is 19.2 Å². The number of nitrogens with one attached hydrogen (secondary N) is 1. The molecule has 1 aromatic rings. The Kier molecular flexibility index (Phi) is 4.19. The molecule has 104 valence electrons. The zero-order valence-electron chi connectivity index (χ0n) is 11.9. The topological polar surface area (TPSA) is 21.3 Å². The van der Waals surface area contributed by atoms with E-state index in [0.717, 1.165) is 25.5 Å². The number of benzene rings is 1. The van der Waals surface area contributed by atoms with Gasteiger partial charge in [-0.1, -0.05) is 37.6 Å². The number of fused-ring (bicyclic) bond motifs is 1. The summed E-state index contributed by atoms with van der Waals surface area (Å²) in [5.41, 5.74) is 2.91. The van der Waals surface area contributed by atoms with Crippen LogP contribution >= 0.6 is 0 Å². The van der Waals surface area contributed by atoms with Crippen LogP contribution in [0.4, 0.5) is 0 Å². The van der Waals surface area contributed by atoms with E-state index >= 15 is 0 Å². The van der Waals surface area contributed by atoms with Crippen molar-refractivity contribution in [1.29, 1.82) is 0 Å². The zero-order valence-corrected chi connectivity index (χ0v) is 11.9. The second-order valence-electron chi connectivity index (χ2n) is 5.91. The summed E-state index contributed by atoms with van der Waals surface area (Å²) in [5, 5.41) is 3.76. The molecule has 2 nitrogen and oxygen atoms in total. The lowest BCUT2D eigenvalue weighted by Crippen LogP contribution is -2.46. The van der Waals surface area contributed by atoms with Gasteiger partial charge in [-0.25, -0.2) is 0 Å². The van der Waals surface area contributed by atoms with Gasteiger partial charge < -0.3 is 10.1 Å². The van der Waals surface area contributed by atoms with Crippen molar-refractivity contribution >= 4 is 0 Å². The van der Waals surface area contributed by atoms with E-state index in [1.54, 1.807) is 0 Å². The van der Waals surface area contributed by atoms with E-state index in [-0.39, 0.29) is 6.10 Å². The molecule has 1 heterocycles. The molecule has 1 fully saturated rings. The van der Waals surface area contributed by atoms with Gasteiger partial charge in [-0.05, 0) is 49.3 Å². The summed E-state index contributed by atoms with van der Waals surface area (Å²) in [6.45, 7) is 4.21. The minimum atomic E-state index is 0.266. The second-order valence-corrected chi connectivity index (χ2v) is 5.91. The number of ether oxygens (including phenoxy) is 1. The highest BCUT2D eigenvalue weighted by Crippen LogP contribution is 2.39. The fourth-order valence-electron chi connectivity index (χ4n) is 3.35. The smallest absolute Gasteiger partial charge is 0.0983 e. The van der Waals surface area contributed by atoms with Crippen molar-refractivity contribution in [3.63, 3.8) is 0 Å². The van der Waals surface area contributed by atoms with Gasteiger partial charge in [-0.2, -0.15) is 0 Å². The Morgan fingerprint density at radius 3 is 2.89 bits per heavy atom. The normalized spacial score (nSPS) is 24.6. The maximum atomic E-state index is 6.16. The Bertz CT molecular complexity index is 413. The molecule has 2 atom stereocenters. The van der Waals surface area contributed by atoms with Crippen LogP contribution in [0.3, 0.4) is 0 Å². The molecule has 2 heteroatoms. The highest BCUT2D eigenvalue weighted by Gasteiger charge is 2.36. The van der Waals surface area contributed by atoms with Crippen LogP contribution in [0.2, 0.25) is 0 Å². The molecular weight excluding hydrogens is 234 g/mol. The summed E-state index contributed by atoms with van der Waals surface area (Å²) >= 11 is 0. The molecule has 0 aromatic heterocycles. The molecule has 1 N–H and O–H groups in total. The lowest BCUT2D eigenvalue weighted by molar-refractivity contribution is -0.0121. The first-order valence-electron chi connectivity index (χ1n) is 7.83. The number of rotatable bonds is 5. The fraction of sp³-hybridized carbons (Fsp3) is 0.647. The van der Waals surface area contributed by atoms with Gasteiger partial charge in [-0.3, -0.25) is 0 Å². The van der Waals surface area contributed by atoms with Crippen LogP contribution in [0.5, 0.6) is 0 Å². The van der Waals surface area contributed by atoms with Gasteiger partial charge in [0.2, 0.25) is 0 Å². The maximum absolute atomic E-state index is 6.16. The third-order valence-electron chi connectivity index (χ3n) is 4.64. The van der Waals surface area contributed by atoms with E-state index in [0.29, 0.717) is 6.04 Å². The van der Waals surface area contributed by atoms with Gasteiger partial charge in [0.1, 0.15) is 0 Å². The first kappa shape index (κ1) is 13.1. The van der Waals surface area contributed by atoms with E-state index in [1.807, 2.05) is 0 Å². The van der Waals surface area contributed by atoms with Crippen molar-refractivity contribution in [3.05, 3.63) is 35.4 Å². The maximum Gasteiger partial charge on any atom is 0.0983 e. The predicted molar refractivity (Wildman–Crippen MR) is 78.3 cm³/mol. The van der Waals surface area contributed by atoms with Crippen molar-refractivity contribution in [2.24, 2.45) is 5.92 Å². The van der Waals surface area contributed by atoms with Crippen LogP contribution in [0, 0.1) is 5.92 Å². The third kappa shape index (κ3) is 2.70. The summed E-state index contributed by atoms with van der Waals surface area (Å²) in [5.74, 6) is 0.808. The summed E-state index contributed by atoms with van der Waals surface area (Å²) in [6, 6.07) is 9.34. The van der Waals surface area contributed by atoms with Crippen LogP contribution in [0.25, 0.3) is 0 Å². The summed E-state index contributed by atoms with van der Waals surface area (Å²) in [6.07, 6.45) is 6.65. The minimum absolute atomic E-state index is 0.266. The fourth-order valence-corrected chi connectivity index (χ4v) is 3.35. The van der Waals surface area contributed by atoms with Gasteiger partial charge in [0, 0.05) is 6.04 Å². The van der Waals surface area contributed by atoms with Gasteiger partial charge in [0.25, 0.3) is 0 Å². The molecule has 0 bridgehead atoms. The average Bonchev–Trinajstić information content (AvgIpc) is 2.41. The van der Waals surface area contributed by atoms with Crippen molar-refractivity contribution in [2.45, 2.75) is 51.2 Å². The number of hydrogen-bond donors (Lipinski definition) is 1. The molecule has 0 radical (unpaired) electrons. The Balaban J connectivity index is 1.81. The van der Waals surface area contributed by atoms with E-state index in [2.05, 4.69) is 36.5 Å². The van der Waals surface area contributed by atoms with Crippen LogP contribution in [-0.2, 0) is 11.2 Å². The molecule has 2 aliphatic rings. The van der Waals surface area contributed by atoms with Crippen LogP contribution < -0.4 is 5.32 Å². The predicted octanol–water partition coefficient (Wildman–Crippen LogP) is 3.47. The van der Waals surface area contributed by atoms with Gasteiger partial charge in [0.05, 0.1) is 12.7 Å². The van der Waals surface area contributed by atoms with E-state index in [9.17, 15) is 0 Å². The van der Waals surface area contributed by atoms with E-state index in [4.69, 9.17) is 4.74 Å². The van der Waals surface area contributed by atoms with Crippen molar-refractivity contribution in [2.75, 3.05) is 13.2 Å². The minimum Gasteiger partial charge on any atom is -0.372 e. The molecule has 2 unspecified atom stereocenters. The van der Waals surface area contributed by atoms with Crippen LogP contribution in [0.15, 0.2) is 24.3 Å². The molecular formula is C17H25NO. The quantitative estimate of drug-likeness (QED) is 0.874. The van der Waals surface area contributed by atoms with Gasteiger partial charge >= 0.3 is 0 Å². The van der Waals surface area contributed by atoms with Gasteiger partial charge in [-0.15, -0.1) is 0 Å². The van der Waals surface area contributed by atoms with E-state index in [1.165, 1.54) is 36.8 Å². The first-order valence-corrected chi connectivity index (χ1v) is 7.83. The SMILES string of the molecule is CCCNC(C1CCC1)C1OCCc2ccccc21. The molecule has 3 rings (SSSR count). The zero-order chi connectivity index (χ0) is 13.1. The molecule has 19 heavy (non-hydrogen) atoms. The Morgan fingerprint density at radius 1 is 1.32 bits per heavy atom. The second kappa shape index (κ2) is 6.06. The Morgan fingerprint density at radius 2 is 2.16 bits per heavy atom. The molecule has 0 spiro atoms. The molecule has 1 aromatic carbocycles. The van der Waals surface area contributed by atoms with E-state index < -0.39 is 0 Å². The van der Waals surface area contributed by atoms with Crippen molar-refractivity contribution < 1.29 is 4.74 Å². The molecule has 0 saturated heterocycles. The molecule has 1 aliphatic heterocycles. The Hall–Kier alpha value is -0.860. The largest absolute Gasteiger partial charge is 0.372 e. The average molecular weight is 259 g/mol. The summed E-state index contributed by atoms with van der Waals surface area (Å²) in [4.78, 5) is 0. The van der Waals surface area contributed by atoms with Gasteiger partial charge in [0.15, 0.2) is 0 Å². The molecule has 1 saturated carbocycles. The highest BCUT2D eigenvalue weighted by atomic mass is 16.5. The first-order chi connectivity index (χ1) is 9.40. The van der Waals surface area contributed by atoms with Crippen LogP contribution in [0.1, 0.15) is 49.8 Å². The highest BCUT2D eigenvalue weighted by molar-refractivity contribution is 5.32. The monoisotopic (exact) mass is 259 g/mol. The van der Waals surface area contributed by atoms with Crippen molar-refractivity contribution in [1.82, 2.24) is 5.32 Å². The summed E-state index contributed by atoms with van der Waals surface area (Å²) in [7, 11) is 0.